The molecule has 1 aliphatic heterocycles. The number of carbonyl (C=O) groups is 1. The van der Waals surface area contributed by atoms with Gasteiger partial charge in [0.05, 0.1) is 17.9 Å². The van der Waals surface area contributed by atoms with Gasteiger partial charge in [-0.15, -0.1) is 0 Å². The summed E-state index contributed by atoms with van der Waals surface area (Å²) in [6, 6.07) is 15.1. The van der Waals surface area contributed by atoms with Crippen LogP contribution in [0.5, 0.6) is 0 Å². The second-order valence-corrected chi connectivity index (χ2v) is 9.30. The molecular formula is C26H26N4O3. The lowest BCUT2D eigenvalue weighted by atomic mass is 10.0. The molecule has 3 aromatic heterocycles. The van der Waals surface area contributed by atoms with Gasteiger partial charge in [-0.05, 0) is 51.1 Å². The van der Waals surface area contributed by atoms with Crippen LogP contribution in [0.4, 0.5) is 4.79 Å². The van der Waals surface area contributed by atoms with Gasteiger partial charge in [0.1, 0.15) is 5.60 Å². The molecule has 1 amide bonds. The molecule has 0 saturated carbocycles. The van der Waals surface area contributed by atoms with E-state index in [2.05, 4.69) is 9.97 Å². The van der Waals surface area contributed by atoms with Crippen molar-refractivity contribution in [2.45, 2.75) is 39.3 Å². The Morgan fingerprint density at radius 1 is 1.12 bits per heavy atom. The van der Waals surface area contributed by atoms with Crippen LogP contribution in [-0.4, -0.2) is 37.7 Å². The Labute approximate surface area is 191 Å². The number of rotatable bonds is 2. The highest BCUT2D eigenvalue weighted by molar-refractivity contribution is 5.87. The first-order chi connectivity index (χ1) is 15.8. The van der Waals surface area contributed by atoms with E-state index in [-0.39, 0.29) is 11.7 Å². The largest absolute Gasteiger partial charge is 0.444 e. The minimum atomic E-state index is -0.522. The number of nitrogens with zero attached hydrogens (tertiary/aromatic N) is 3. The number of amides is 1. The fraction of sp³-hybridized carbons (Fsp3) is 0.269. The van der Waals surface area contributed by atoms with Crippen molar-refractivity contribution in [1.29, 1.82) is 0 Å². The third-order valence-electron chi connectivity index (χ3n) is 5.77. The minimum Gasteiger partial charge on any atom is -0.444 e. The highest BCUT2D eigenvalue weighted by Crippen LogP contribution is 2.30. The van der Waals surface area contributed by atoms with Crippen molar-refractivity contribution in [2.24, 2.45) is 0 Å². The van der Waals surface area contributed by atoms with Crippen LogP contribution in [0.2, 0.25) is 0 Å². The number of ether oxygens (including phenoxy) is 1. The van der Waals surface area contributed by atoms with E-state index >= 15 is 0 Å². The molecule has 1 aliphatic rings. The standard InChI is InChI=1S/C26H26N4O3/c1-26(2,3)33-25(32)29-12-10-22-20(16-29)19-8-7-18(15-23(19)28-22)30-13-9-17(14-24(30)31)21-6-4-5-11-27-21/h4-9,11,13-15,28H,10,12,16H2,1-3H3. The van der Waals surface area contributed by atoms with Gasteiger partial charge in [-0.3, -0.25) is 14.3 Å². The maximum atomic E-state index is 12.8. The van der Waals surface area contributed by atoms with Crippen LogP contribution >= 0.6 is 0 Å². The summed E-state index contributed by atoms with van der Waals surface area (Å²) in [5.41, 5.74) is 4.87. The zero-order valence-corrected chi connectivity index (χ0v) is 19.0. The van der Waals surface area contributed by atoms with Crippen LogP contribution in [0.3, 0.4) is 0 Å². The van der Waals surface area contributed by atoms with Gasteiger partial charge >= 0.3 is 6.09 Å². The number of pyridine rings is 2. The van der Waals surface area contributed by atoms with Crippen molar-refractivity contribution in [1.82, 2.24) is 19.4 Å². The summed E-state index contributed by atoms with van der Waals surface area (Å²) in [5.74, 6) is 0. The molecule has 0 bridgehead atoms. The SMILES string of the molecule is CC(C)(C)OC(=O)N1CCc2[nH]c3cc(-n4ccc(-c5ccccn5)cc4=O)ccc3c2C1. The lowest BCUT2D eigenvalue weighted by Gasteiger charge is -2.30. The van der Waals surface area contributed by atoms with Gasteiger partial charge in [-0.2, -0.15) is 0 Å². The molecule has 0 spiro atoms. The first-order valence-electron chi connectivity index (χ1n) is 11.0. The fourth-order valence-corrected chi connectivity index (χ4v) is 4.23. The Hall–Kier alpha value is -3.87. The number of carbonyl (C=O) groups excluding carboxylic acids is 1. The van der Waals surface area contributed by atoms with E-state index in [9.17, 15) is 9.59 Å². The summed E-state index contributed by atoms with van der Waals surface area (Å²) in [7, 11) is 0. The van der Waals surface area contributed by atoms with Crippen molar-refractivity contribution in [3.63, 3.8) is 0 Å². The molecular weight excluding hydrogens is 416 g/mol. The minimum absolute atomic E-state index is 0.120. The Bertz CT molecular complexity index is 1400. The molecule has 7 heteroatoms. The molecule has 0 aliphatic carbocycles. The maximum Gasteiger partial charge on any atom is 0.410 e. The highest BCUT2D eigenvalue weighted by Gasteiger charge is 2.27. The summed E-state index contributed by atoms with van der Waals surface area (Å²) in [4.78, 5) is 34.9. The molecule has 0 saturated heterocycles. The number of fused-ring (bicyclic) bond motifs is 3. The van der Waals surface area contributed by atoms with Crippen LogP contribution in [0.25, 0.3) is 27.8 Å². The van der Waals surface area contributed by atoms with Crippen LogP contribution in [0.15, 0.2) is 65.7 Å². The van der Waals surface area contributed by atoms with Crippen LogP contribution in [0, 0.1) is 0 Å². The van der Waals surface area contributed by atoms with Gasteiger partial charge in [0, 0.05) is 59.1 Å². The summed E-state index contributed by atoms with van der Waals surface area (Å²) in [5, 5.41) is 1.06. The molecule has 0 atom stereocenters. The van der Waals surface area contributed by atoms with E-state index < -0.39 is 5.60 Å². The number of aromatic amines is 1. The number of aromatic nitrogens is 3. The van der Waals surface area contributed by atoms with E-state index in [1.807, 2.05) is 63.2 Å². The third kappa shape index (κ3) is 4.14. The van der Waals surface area contributed by atoms with E-state index in [0.717, 1.165) is 45.5 Å². The second kappa shape index (κ2) is 7.92. The number of hydrogen-bond donors (Lipinski definition) is 1. The van der Waals surface area contributed by atoms with E-state index in [1.165, 1.54) is 0 Å². The monoisotopic (exact) mass is 442 g/mol. The second-order valence-electron chi connectivity index (χ2n) is 9.30. The lowest BCUT2D eigenvalue weighted by molar-refractivity contribution is 0.0224. The molecule has 0 unspecified atom stereocenters. The lowest BCUT2D eigenvalue weighted by Crippen LogP contribution is -2.39. The Balaban J connectivity index is 1.44. The molecule has 1 N–H and O–H groups in total. The smallest absolute Gasteiger partial charge is 0.410 e. The van der Waals surface area contributed by atoms with Gasteiger partial charge in [0.2, 0.25) is 0 Å². The molecule has 1 aromatic carbocycles. The molecule has 33 heavy (non-hydrogen) atoms. The topological polar surface area (TPSA) is 80.2 Å². The summed E-state index contributed by atoms with van der Waals surface area (Å²) in [6.07, 6.45) is 3.93. The van der Waals surface area contributed by atoms with Crippen molar-refractivity contribution in [2.75, 3.05) is 6.54 Å². The molecule has 5 rings (SSSR count). The van der Waals surface area contributed by atoms with E-state index in [4.69, 9.17) is 4.74 Å². The van der Waals surface area contributed by atoms with Crippen molar-refractivity contribution in [3.8, 4) is 16.9 Å². The van der Waals surface area contributed by atoms with E-state index in [1.54, 1.807) is 27.9 Å². The molecule has 168 valence electrons. The first-order valence-corrected chi connectivity index (χ1v) is 11.0. The molecule has 0 fully saturated rings. The van der Waals surface area contributed by atoms with Crippen LogP contribution in [0.1, 0.15) is 32.0 Å². The Kier molecular flexibility index (Phi) is 5.04. The Morgan fingerprint density at radius 3 is 2.70 bits per heavy atom. The van der Waals surface area contributed by atoms with Gasteiger partial charge in [-0.1, -0.05) is 12.1 Å². The average Bonchev–Trinajstić information content (AvgIpc) is 3.15. The molecule has 0 radical (unpaired) electrons. The first kappa shape index (κ1) is 21.0. The summed E-state index contributed by atoms with van der Waals surface area (Å²) in [6.45, 7) is 6.73. The van der Waals surface area contributed by atoms with Gasteiger partial charge in [-0.25, -0.2) is 4.79 Å². The molecule has 4 heterocycles. The molecule has 4 aromatic rings. The highest BCUT2D eigenvalue weighted by atomic mass is 16.6. The van der Waals surface area contributed by atoms with Crippen molar-refractivity contribution in [3.05, 3.63) is 82.5 Å². The zero-order chi connectivity index (χ0) is 23.2. The normalized spacial score (nSPS) is 13.7. The zero-order valence-electron chi connectivity index (χ0n) is 19.0. The third-order valence-corrected chi connectivity index (χ3v) is 5.77. The van der Waals surface area contributed by atoms with Gasteiger partial charge in [0.25, 0.3) is 5.56 Å². The van der Waals surface area contributed by atoms with Gasteiger partial charge in [0.15, 0.2) is 0 Å². The van der Waals surface area contributed by atoms with Crippen molar-refractivity contribution >= 4 is 17.0 Å². The summed E-state index contributed by atoms with van der Waals surface area (Å²) >= 11 is 0. The maximum absolute atomic E-state index is 12.8. The number of benzene rings is 1. The predicted molar refractivity (Wildman–Crippen MR) is 127 cm³/mol. The number of nitrogens with one attached hydrogen (secondary N) is 1. The Morgan fingerprint density at radius 2 is 1.97 bits per heavy atom. The summed E-state index contributed by atoms with van der Waals surface area (Å²) < 4.78 is 7.17. The quantitative estimate of drug-likeness (QED) is 0.489. The number of H-pyrrole nitrogens is 1. The number of hydrogen-bond acceptors (Lipinski definition) is 4. The predicted octanol–water partition coefficient (Wildman–Crippen LogP) is 4.67. The van der Waals surface area contributed by atoms with Gasteiger partial charge < -0.3 is 14.6 Å². The van der Waals surface area contributed by atoms with Crippen LogP contribution < -0.4 is 5.56 Å². The van der Waals surface area contributed by atoms with Crippen LogP contribution in [-0.2, 0) is 17.7 Å². The van der Waals surface area contributed by atoms with Crippen molar-refractivity contribution < 1.29 is 9.53 Å². The average molecular weight is 443 g/mol. The van der Waals surface area contributed by atoms with E-state index in [0.29, 0.717) is 13.1 Å². The fourth-order valence-electron chi connectivity index (χ4n) is 4.23. The molecule has 7 nitrogen and oxygen atoms in total.